The van der Waals surface area contributed by atoms with Crippen LogP contribution in [-0.4, -0.2) is 0 Å². The second-order valence-corrected chi connectivity index (χ2v) is 19.7. The second kappa shape index (κ2) is 11.4. The number of fused-ring (bicyclic) bond motifs is 10. The molecule has 0 bridgehead atoms. The first kappa shape index (κ1) is 32.0. The predicted molar refractivity (Wildman–Crippen MR) is 213 cm³/mol. The molecule has 0 saturated heterocycles. The number of hydrogen-bond donors (Lipinski definition) is 0. The highest BCUT2D eigenvalue weighted by atomic mass is 79.9. The maximum atomic E-state index is 3.96. The fourth-order valence-electron chi connectivity index (χ4n) is 12.8. The highest BCUT2D eigenvalue weighted by Gasteiger charge is 2.53. The molecule has 50 heavy (non-hydrogen) atoms. The van der Waals surface area contributed by atoms with Gasteiger partial charge in [0.05, 0.1) is 5.41 Å². The van der Waals surface area contributed by atoms with Gasteiger partial charge in [-0.25, -0.2) is 0 Å². The van der Waals surface area contributed by atoms with Crippen LogP contribution in [-0.2, 0) is 16.2 Å². The van der Waals surface area contributed by atoms with Crippen LogP contribution in [0.3, 0.4) is 0 Å². The zero-order valence-electron chi connectivity index (χ0n) is 30.6. The molecular weight excluding hydrogens is 668 g/mol. The van der Waals surface area contributed by atoms with E-state index in [2.05, 4.69) is 109 Å². The Kier molecular flexibility index (Phi) is 7.32. The van der Waals surface area contributed by atoms with Gasteiger partial charge in [-0.3, -0.25) is 0 Å². The van der Waals surface area contributed by atoms with Crippen molar-refractivity contribution >= 4 is 15.9 Å². The second-order valence-electron chi connectivity index (χ2n) is 18.7. The summed E-state index contributed by atoms with van der Waals surface area (Å²) in [5, 5.41) is 0. The third kappa shape index (κ3) is 4.60. The minimum atomic E-state index is -0.294. The lowest BCUT2D eigenvalue weighted by Gasteiger charge is -2.47. The summed E-state index contributed by atoms with van der Waals surface area (Å²) in [5.41, 5.74) is 16.3. The molecule has 4 saturated carbocycles. The molecule has 4 aromatic rings. The Hall–Kier alpha value is -2.64. The number of hydrogen-bond acceptors (Lipinski definition) is 0. The third-order valence-corrected chi connectivity index (χ3v) is 16.7. The minimum absolute atomic E-state index is 0.238. The normalized spacial score (nSPS) is 28.3. The van der Waals surface area contributed by atoms with E-state index < -0.39 is 0 Å². The average Bonchev–Trinajstić information content (AvgIpc) is 3.61. The van der Waals surface area contributed by atoms with Crippen molar-refractivity contribution in [1.82, 2.24) is 0 Å². The maximum absolute atomic E-state index is 3.96. The van der Waals surface area contributed by atoms with Crippen LogP contribution in [0, 0.1) is 10.8 Å². The van der Waals surface area contributed by atoms with Crippen LogP contribution in [0.1, 0.15) is 163 Å². The van der Waals surface area contributed by atoms with Crippen molar-refractivity contribution in [1.29, 1.82) is 0 Å². The topological polar surface area (TPSA) is 0 Å². The van der Waals surface area contributed by atoms with Gasteiger partial charge in [-0.1, -0.05) is 135 Å². The van der Waals surface area contributed by atoms with Crippen molar-refractivity contribution in [2.75, 3.05) is 0 Å². The van der Waals surface area contributed by atoms with Gasteiger partial charge in [0.25, 0.3) is 0 Å². The van der Waals surface area contributed by atoms with Crippen LogP contribution in [0.4, 0.5) is 0 Å². The minimum Gasteiger partial charge on any atom is -0.0619 e. The van der Waals surface area contributed by atoms with E-state index in [-0.39, 0.29) is 16.2 Å². The van der Waals surface area contributed by atoms with Crippen LogP contribution in [0.25, 0.3) is 22.3 Å². The Labute approximate surface area is 310 Å². The van der Waals surface area contributed by atoms with Gasteiger partial charge in [0.1, 0.15) is 0 Å². The molecule has 4 aromatic carbocycles. The molecule has 0 heterocycles. The van der Waals surface area contributed by atoms with Crippen molar-refractivity contribution in [3.63, 3.8) is 0 Å². The highest BCUT2D eigenvalue weighted by molar-refractivity contribution is 9.10. The summed E-state index contributed by atoms with van der Waals surface area (Å²) < 4.78 is 1.18. The Balaban J connectivity index is 1.12. The monoisotopic (exact) mass is 722 g/mol. The first-order valence-corrected chi connectivity index (χ1v) is 21.3. The zero-order valence-corrected chi connectivity index (χ0v) is 32.2. The van der Waals surface area contributed by atoms with Crippen molar-refractivity contribution in [3.8, 4) is 22.3 Å². The SMILES string of the molecule is CC1(c2ccc3c(c2)C2(c4ccccc4-c4ccc(Br)cc42)c2cc(C4(C)CCC5(CCCCC5)CC4)ccc2-3)CCC2(CCCCC2)CC1. The lowest BCUT2D eigenvalue weighted by molar-refractivity contribution is 0.0874. The summed E-state index contributed by atoms with van der Waals surface area (Å²) in [7, 11) is 0. The molecule has 1 heteroatoms. The van der Waals surface area contributed by atoms with Gasteiger partial charge in [0.15, 0.2) is 0 Å². The summed E-state index contributed by atoms with van der Waals surface area (Å²) in [6, 6.07) is 32.1. The lowest BCUT2D eigenvalue weighted by Crippen LogP contribution is -2.37. The summed E-state index contributed by atoms with van der Waals surface area (Å²) in [6.07, 6.45) is 25.5. The first-order valence-electron chi connectivity index (χ1n) is 20.5. The summed E-state index contributed by atoms with van der Waals surface area (Å²) in [6.45, 7) is 5.21. The van der Waals surface area contributed by atoms with E-state index in [0.717, 1.165) is 0 Å². The fourth-order valence-corrected chi connectivity index (χ4v) is 13.1. The zero-order chi connectivity index (χ0) is 33.8. The fraction of sp³-hybridized carbons (Fsp3) is 0.510. The molecule has 10 rings (SSSR count). The molecule has 3 spiro atoms. The number of rotatable bonds is 2. The van der Waals surface area contributed by atoms with Gasteiger partial charge < -0.3 is 0 Å². The van der Waals surface area contributed by atoms with Crippen LogP contribution in [0.5, 0.6) is 0 Å². The van der Waals surface area contributed by atoms with Gasteiger partial charge in [-0.15, -0.1) is 0 Å². The third-order valence-electron chi connectivity index (χ3n) is 16.2. The number of benzene rings is 4. The molecule has 0 radical (unpaired) electrons. The lowest BCUT2D eigenvalue weighted by atomic mass is 9.57. The Morgan fingerprint density at radius 2 is 0.820 bits per heavy atom. The Morgan fingerprint density at radius 3 is 1.32 bits per heavy atom. The largest absolute Gasteiger partial charge is 0.0726 e. The average molecular weight is 724 g/mol. The molecule has 0 atom stereocenters. The summed E-state index contributed by atoms with van der Waals surface area (Å²) >= 11 is 3.96. The smallest absolute Gasteiger partial charge is 0.0619 e. The van der Waals surface area contributed by atoms with Crippen LogP contribution < -0.4 is 0 Å². The Bertz CT molecular complexity index is 1870. The van der Waals surface area contributed by atoms with E-state index in [1.165, 1.54) is 165 Å². The standard InChI is InChI=1S/C49H55Br/c1-45(23-27-47(28-24-45)19-7-3-8-20-47)34-13-16-38-39-17-14-35(46(2)25-29-48(30-26-46)21-9-4-10-22-48)32-43(39)49(42(38)31-34)41-12-6-5-11-37(41)40-18-15-36(50)33-44(40)49/h5-6,11-18,31-33H,3-4,7-10,19-30H2,1-2H3. The van der Waals surface area contributed by atoms with E-state index in [0.29, 0.717) is 10.8 Å². The van der Waals surface area contributed by atoms with Gasteiger partial charge in [-0.05, 0) is 166 Å². The molecule has 6 aliphatic rings. The first-order chi connectivity index (χ1) is 24.3. The molecule has 0 aliphatic heterocycles. The molecule has 6 aliphatic carbocycles. The van der Waals surface area contributed by atoms with Gasteiger partial charge in [0.2, 0.25) is 0 Å². The van der Waals surface area contributed by atoms with E-state index in [4.69, 9.17) is 0 Å². The van der Waals surface area contributed by atoms with Crippen molar-refractivity contribution in [2.45, 2.75) is 146 Å². The van der Waals surface area contributed by atoms with Crippen molar-refractivity contribution in [3.05, 3.63) is 117 Å². The van der Waals surface area contributed by atoms with Crippen LogP contribution in [0.15, 0.2) is 83.3 Å². The van der Waals surface area contributed by atoms with Gasteiger partial charge in [0, 0.05) is 4.47 Å². The number of halogens is 1. The van der Waals surface area contributed by atoms with Crippen LogP contribution in [0.2, 0.25) is 0 Å². The van der Waals surface area contributed by atoms with E-state index in [9.17, 15) is 0 Å². The van der Waals surface area contributed by atoms with E-state index >= 15 is 0 Å². The summed E-state index contributed by atoms with van der Waals surface area (Å²) in [5.74, 6) is 0. The van der Waals surface area contributed by atoms with Gasteiger partial charge in [-0.2, -0.15) is 0 Å². The summed E-state index contributed by atoms with van der Waals surface area (Å²) in [4.78, 5) is 0. The molecule has 0 aromatic heterocycles. The van der Waals surface area contributed by atoms with E-state index in [1.54, 1.807) is 11.1 Å². The molecular formula is C49H55Br. The van der Waals surface area contributed by atoms with Gasteiger partial charge >= 0.3 is 0 Å². The molecule has 0 amide bonds. The molecule has 258 valence electrons. The molecule has 0 unspecified atom stereocenters. The molecule has 0 N–H and O–H groups in total. The highest BCUT2D eigenvalue weighted by Crippen LogP contribution is 2.65. The van der Waals surface area contributed by atoms with E-state index in [1.807, 2.05) is 0 Å². The van der Waals surface area contributed by atoms with Crippen molar-refractivity contribution in [2.24, 2.45) is 10.8 Å². The van der Waals surface area contributed by atoms with Crippen molar-refractivity contribution < 1.29 is 0 Å². The molecule has 4 fully saturated rings. The maximum Gasteiger partial charge on any atom is 0.0726 e. The predicted octanol–water partition coefficient (Wildman–Crippen LogP) is 14.4. The molecule has 0 nitrogen and oxygen atoms in total. The Morgan fingerprint density at radius 1 is 0.400 bits per heavy atom. The quantitative estimate of drug-likeness (QED) is 0.167. The van der Waals surface area contributed by atoms with Crippen LogP contribution >= 0.6 is 15.9 Å².